The standard InChI is InChI=1S/C14H18BrNO2S/c1-18-9-12-3-2-6-16(8-12)14(17)5-4-11-7-13(15)19-10-11/h4-5,7,10,12H,2-3,6,8-9H2,1H3/b5-4-/t12-/m0/s1. The molecule has 1 atom stereocenters. The Morgan fingerprint density at radius 2 is 2.53 bits per heavy atom. The van der Waals surface area contributed by atoms with Gasteiger partial charge < -0.3 is 9.64 Å². The molecule has 2 heterocycles. The molecule has 0 unspecified atom stereocenters. The summed E-state index contributed by atoms with van der Waals surface area (Å²) in [5, 5.41) is 2.03. The van der Waals surface area contributed by atoms with Crippen molar-refractivity contribution in [1.29, 1.82) is 0 Å². The first-order valence-corrected chi connectivity index (χ1v) is 8.06. The summed E-state index contributed by atoms with van der Waals surface area (Å²) in [6.07, 6.45) is 5.77. The molecule has 19 heavy (non-hydrogen) atoms. The summed E-state index contributed by atoms with van der Waals surface area (Å²) in [7, 11) is 1.72. The van der Waals surface area contributed by atoms with Crippen molar-refractivity contribution in [2.24, 2.45) is 5.92 Å². The van der Waals surface area contributed by atoms with E-state index in [4.69, 9.17) is 4.74 Å². The second-order valence-corrected chi connectivity index (χ2v) is 7.06. The van der Waals surface area contributed by atoms with Crippen molar-refractivity contribution in [2.45, 2.75) is 12.8 Å². The van der Waals surface area contributed by atoms with E-state index in [1.54, 1.807) is 24.5 Å². The van der Waals surface area contributed by atoms with Gasteiger partial charge in [-0.1, -0.05) is 0 Å². The minimum atomic E-state index is 0.100. The van der Waals surface area contributed by atoms with Gasteiger partial charge in [0.1, 0.15) is 0 Å². The highest BCUT2D eigenvalue weighted by Gasteiger charge is 2.22. The lowest BCUT2D eigenvalue weighted by atomic mass is 9.99. The van der Waals surface area contributed by atoms with Crippen LogP contribution in [0.4, 0.5) is 0 Å². The van der Waals surface area contributed by atoms with E-state index in [9.17, 15) is 4.79 Å². The van der Waals surface area contributed by atoms with E-state index >= 15 is 0 Å². The van der Waals surface area contributed by atoms with Crippen LogP contribution in [0.2, 0.25) is 0 Å². The largest absolute Gasteiger partial charge is 0.384 e. The Morgan fingerprint density at radius 3 is 3.21 bits per heavy atom. The van der Waals surface area contributed by atoms with Gasteiger partial charge in [-0.3, -0.25) is 4.79 Å². The molecule has 0 spiro atoms. The van der Waals surface area contributed by atoms with Crippen LogP contribution in [0, 0.1) is 5.92 Å². The number of rotatable bonds is 4. The second kappa shape index (κ2) is 7.22. The molecule has 1 aromatic heterocycles. The average Bonchev–Trinajstić information content (AvgIpc) is 2.82. The number of amides is 1. The van der Waals surface area contributed by atoms with E-state index < -0.39 is 0 Å². The molecule has 2 rings (SSSR count). The number of hydrogen-bond donors (Lipinski definition) is 0. The predicted octanol–water partition coefficient (Wildman–Crippen LogP) is 3.41. The first-order chi connectivity index (χ1) is 9.19. The van der Waals surface area contributed by atoms with Gasteiger partial charge in [0.05, 0.1) is 10.4 Å². The van der Waals surface area contributed by atoms with Crippen molar-refractivity contribution in [3.05, 3.63) is 26.9 Å². The lowest BCUT2D eigenvalue weighted by molar-refractivity contribution is -0.128. The van der Waals surface area contributed by atoms with Gasteiger partial charge in [0.25, 0.3) is 0 Å². The smallest absolute Gasteiger partial charge is 0.246 e. The van der Waals surface area contributed by atoms with Crippen molar-refractivity contribution in [3.63, 3.8) is 0 Å². The fourth-order valence-electron chi connectivity index (χ4n) is 2.32. The summed E-state index contributed by atoms with van der Waals surface area (Å²) in [6, 6.07) is 2.01. The van der Waals surface area contributed by atoms with E-state index in [2.05, 4.69) is 15.9 Å². The number of carbonyl (C=O) groups is 1. The molecule has 0 radical (unpaired) electrons. The monoisotopic (exact) mass is 343 g/mol. The van der Waals surface area contributed by atoms with Crippen LogP contribution in [0.3, 0.4) is 0 Å². The summed E-state index contributed by atoms with van der Waals surface area (Å²) in [4.78, 5) is 14.0. The van der Waals surface area contributed by atoms with Gasteiger partial charge in [0.2, 0.25) is 5.91 Å². The molecular formula is C14H18BrNO2S. The number of piperidine rings is 1. The molecule has 0 saturated carbocycles. The molecule has 0 bridgehead atoms. The minimum absolute atomic E-state index is 0.100. The van der Waals surface area contributed by atoms with Gasteiger partial charge in [0, 0.05) is 26.3 Å². The molecule has 1 aliphatic rings. The molecular weight excluding hydrogens is 326 g/mol. The topological polar surface area (TPSA) is 29.5 Å². The maximum atomic E-state index is 12.1. The number of ether oxygens (including phenoxy) is 1. The fraction of sp³-hybridized carbons (Fsp3) is 0.500. The third kappa shape index (κ3) is 4.44. The van der Waals surface area contributed by atoms with E-state index in [0.29, 0.717) is 5.92 Å². The summed E-state index contributed by atoms with van der Waals surface area (Å²) >= 11 is 5.04. The zero-order chi connectivity index (χ0) is 13.7. The van der Waals surface area contributed by atoms with Crippen LogP contribution in [0.15, 0.2) is 21.3 Å². The number of likely N-dealkylation sites (tertiary alicyclic amines) is 1. The number of hydrogen-bond acceptors (Lipinski definition) is 3. The Morgan fingerprint density at radius 1 is 1.68 bits per heavy atom. The van der Waals surface area contributed by atoms with Gasteiger partial charge in [0.15, 0.2) is 0 Å². The van der Waals surface area contributed by atoms with Crippen LogP contribution >= 0.6 is 27.3 Å². The molecule has 1 aromatic rings. The SMILES string of the molecule is COC[C@H]1CCCN(C(=O)/C=C\c2csc(Br)c2)C1. The molecule has 1 amide bonds. The number of carbonyl (C=O) groups excluding carboxylic acids is 1. The molecule has 0 aliphatic carbocycles. The van der Waals surface area contributed by atoms with Crippen LogP contribution in [0.5, 0.6) is 0 Å². The van der Waals surface area contributed by atoms with Crippen LogP contribution in [0.1, 0.15) is 18.4 Å². The second-order valence-electron chi connectivity index (χ2n) is 4.77. The molecule has 1 saturated heterocycles. The number of halogens is 1. The molecule has 1 aliphatic heterocycles. The molecule has 5 heteroatoms. The molecule has 1 fully saturated rings. The quantitative estimate of drug-likeness (QED) is 0.784. The van der Waals surface area contributed by atoms with Crippen LogP contribution in [0.25, 0.3) is 6.08 Å². The molecule has 3 nitrogen and oxygen atoms in total. The fourth-order valence-corrected chi connectivity index (χ4v) is 3.46. The molecule has 0 aromatic carbocycles. The highest BCUT2D eigenvalue weighted by molar-refractivity contribution is 9.11. The van der Waals surface area contributed by atoms with Gasteiger partial charge in [-0.15, -0.1) is 11.3 Å². The minimum Gasteiger partial charge on any atom is -0.384 e. The first-order valence-electron chi connectivity index (χ1n) is 6.39. The average molecular weight is 344 g/mol. The Bertz CT molecular complexity index is 456. The number of thiophene rings is 1. The lowest BCUT2D eigenvalue weighted by Crippen LogP contribution is -2.40. The van der Waals surface area contributed by atoms with Crippen molar-refractivity contribution in [1.82, 2.24) is 4.90 Å². The summed E-state index contributed by atoms with van der Waals surface area (Å²) < 4.78 is 6.26. The van der Waals surface area contributed by atoms with Gasteiger partial charge in [-0.2, -0.15) is 0 Å². The third-order valence-corrected chi connectivity index (χ3v) is 4.76. The van der Waals surface area contributed by atoms with Crippen molar-refractivity contribution in [3.8, 4) is 0 Å². The first kappa shape index (κ1) is 14.8. The highest BCUT2D eigenvalue weighted by atomic mass is 79.9. The van der Waals surface area contributed by atoms with Crippen LogP contribution in [-0.2, 0) is 9.53 Å². The summed E-state index contributed by atoms with van der Waals surface area (Å²) in [5.41, 5.74) is 1.07. The van der Waals surface area contributed by atoms with E-state index in [1.165, 1.54) is 0 Å². The Balaban J connectivity index is 1.90. The van der Waals surface area contributed by atoms with Crippen LogP contribution in [-0.4, -0.2) is 37.6 Å². The normalized spacial score (nSPS) is 20.1. The Labute approximate surface area is 126 Å². The lowest BCUT2D eigenvalue weighted by Gasteiger charge is -2.31. The van der Waals surface area contributed by atoms with E-state index in [1.807, 2.05) is 22.4 Å². The zero-order valence-corrected chi connectivity index (χ0v) is 13.4. The Hall–Kier alpha value is -0.650. The van der Waals surface area contributed by atoms with Crippen molar-refractivity contribution < 1.29 is 9.53 Å². The van der Waals surface area contributed by atoms with E-state index in [-0.39, 0.29) is 5.91 Å². The summed E-state index contributed by atoms with van der Waals surface area (Å²) in [6.45, 7) is 2.41. The van der Waals surface area contributed by atoms with Crippen molar-refractivity contribution >= 4 is 39.2 Å². The number of methoxy groups -OCH3 is 1. The van der Waals surface area contributed by atoms with E-state index in [0.717, 1.165) is 41.9 Å². The van der Waals surface area contributed by atoms with Gasteiger partial charge in [-0.25, -0.2) is 0 Å². The molecule has 104 valence electrons. The van der Waals surface area contributed by atoms with Crippen molar-refractivity contribution in [2.75, 3.05) is 26.8 Å². The summed E-state index contributed by atoms with van der Waals surface area (Å²) in [5.74, 6) is 0.578. The Kier molecular flexibility index (Phi) is 5.60. The van der Waals surface area contributed by atoms with Gasteiger partial charge in [-0.05, 0) is 57.8 Å². The highest BCUT2D eigenvalue weighted by Crippen LogP contribution is 2.22. The maximum absolute atomic E-state index is 12.1. The predicted molar refractivity (Wildman–Crippen MR) is 82.2 cm³/mol. The molecule has 0 N–H and O–H groups in total. The zero-order valence-electron chi connectivity index (χ0n) is 11.0. The van der Waals surface area contributed by atoms with Gasteiger partial charge >= 0.3 is 0 Å². The maximum Gasteiger partial charge on any atom is 0.246 e. The van der Waals surface area contributed by atoms with Crippen LogP contribution < -0.4 is 0 Å². The number of nitrogens with zero attached hydrogens (tertiary/aromatic N) is 1. The third-order valence-electron chi connectivity index (χ3n) is 3.24.